The van der Waals surface area contributed by atoms with Gasteiger partial charge in [-0.05, 0) is 99.0 Å². The van der Waals surface area contributed by atoms with E-state index >= 15 is 0 Å². The Hall–Kier alpha value is -1.35. The van der Waals surface area contributed by atoms with Crippen molar-refractivity contribution >= 4 is 5.91 Å². The monoisotopic (exact) mass is 394 g/mol. The van der Waals surface area contributed by atoms with Crippen molar-refractivity contribution in [3.8, 4) is 0 Å². The number of nitrogens with one attached hydrogen (secondary N) is 1. The van der Waals surface area contributed by atoms with Gasteiger partial charge >= 0.3 is 0 Å². The Morgan fingerprint density at radius 1 is 1.07 bits per heavy atom. The molecule has 0 radical (unpaired) electrons. The van der Waals surface area contributed by atoms with Gasteiger partial charge in [0.05, 0.1) is 5.41 Å². The maximum atomic E-state index is 14.0. The van der Waals surface area contributed by atoms with E-state index in [0.29, 0.717) is 17.9 Å². The number of nitrogens with two attached hydrogens (primary N) is 1. The van der Waals surface area contributed by atoms with Gasteiger partial charge in [0.15, 0.2) is 0 Å². The first-order valence-electron chi connectivity index (χ1n) is 12.1. The number of hydrogen-bond donors (Lipinski definition) is 2. The fourth-order valence-corrected chi connectivity index (χ4v) is 8.46. The molecule has 4 atom stereocenters. The van der Waals surface area contributed by atoms with Gasteiger partial charge in [0.25, 0.3) is 0 Å². The van der Waals surface area contributed by atoms with E-state index in [0.717, 1.165) is 38.1 Å². The van der Waals surface area contributed by atoms with Crippen LogP contribution in [0.1, 0.15) is 83.1 Å². The lowest BCUT2D eigenvalue weighted by atomic mass is 9.63. The van der Waals surface area contributed by atoms with Gasteiger partial charge in [0.2, 0.25) is 5.91 Å². The highest BCUT2D eigenvalue weighted by molar-refractivity contribution is 5.86. The van der Waals surface area contributed by atoms with Gasteiger partial charge in [0, 0.05) is 6.04 Å². The van der Waals surface area contributed by atoms with Crippen LogP contribution in [0.4, 0.5) is 0 Å². The molecule has 1 aromatic rings. The summed E-state index contributed by atoms with van der Waals surface area (Å²) in [5.41, 5.74) is 7.68. The van der Waals surface area contributed by atoms with Gasteiger partial charge in [0.1, 0.15) is 0 Å². The van der Waals surface area contributed by atoms with E-state index in [9.17, 15) is 4.79 Å². The smallest absolute Gasteiger partial charge is 0.227 e. The molecule has 158 valence electrons. The summed E-state index contributed by atoms with van der Waals surface area (Å²) in [5, 5.41) is 3.58. The highest BCUT2D eigenvalue weighted by Gasteiger charge is 2.73. The van der Waals surface area contributed by atoms with Crippen molar-refractivity contribution < 1.29 is 4.79 Å². The van der Waals surface area contributed by atoms with Crippen molar-refractivity contribution in [2.24, 2.45) is 28.4 Å². The first kappa shape index (κ1) is 19.6. The zero-order valence-corrected chi connectivity index (χ0v) is 18.1. The molecule has 1 amide bonds. The maximum Gasteiger partial charge on any atom is 0.227 e. The third kappa shape index (κ3) is 2.91. The number of carbonyl (C=O) groups is 1. The van der Waals surface area contributed by atoms with E-state index in [2.05, 4.69) is 42.6 Å². The lowest BCUT2D eigenvalue weighted by Gasteiger charge is -2.41. The van der Waals surface area contributed by atoms with Crippen molar-refractivity contribution in [1.82, 2.24) is 5.32 Å². The zero-order valence-electron chi connectivity index (χ0n) is 18.1. The molecule has 5 saturated carbocycles. The summed E-state index contributed by atoms with van der Waals surface area (Å²) in [7, 11) is 0. The van der Waals surface area contributed by atoms with Gasteiger partial charge in [-0.15, -0.1) is 0 Å². The van der Waals surface area contributed by atoms with Gasteiger partial charge < -0.3 is 11.1 Å². The SMILES string of the molecule is CCC[C@]12CC3CC1(C(=O)NC1CCC(CN)CC1)C[C@@](c1ccccc1)(C3)C2. The summed E-state index contributed by atoms with van der Waals surface area (Å²) in [6.07, 6.45) is 13.0. The molecular weight excluding hydrogens is 356 g/mol. The third-order valence-electron chi connectivity index (χ3n) is 9.39. The molecular formula is C26H38N2O. The molecule has 0 spiro atoms. The van der Waals surface area contributed by atoms with E-state index in [4.69, 9.17) is 5.73 Å². The van der Waals surface area contributed by atoms with Crippen molar-refractivity contribution in [2.75, 3.05) is 6.54 Å². The maximum absolute atomic E-state index is 14.0. The second kappa shape index (κ2) is 7.11. The van der Waals surface area contributed by atoms with Gasteiger partial charge in [-0.25, -0.2) is 0 Å². The summed E-state index contributed by atoms with van der Waals surface area (Å²) in [4.78, 5) is 14.0. The molecule has 0 heterocycles. The standard InChI is InChI=1S/C26H38N2O/c1-2-12-25-14-20-13-24(17-25,21-6-4-3-5-7-21)18-26(25,15-20)23(29)28-22-10-8-19(16-27)9-11-22/h3-7,19-20,22H,2,8-18,27H2,1H3,(H,28,29)/t19?,20?,22?,24-,25-,26?/m1/s1. The van der Waals surface area contributed by atoms with Gasteiger partial charge in [-0.1, -0.05) is 43.7 Å². The van der Waals surface area contributed by atoms with Crippen LogP contribution < -0.4 is 11.1 Å². The van der Waals surface area contributed by atoms with Crippen LogP contribution in [0, 0.1) is 22.7 Å². The number of rotatable bonds is 6. The predicted molar refractivity (Wildman–Crippen MR) is 117 cm³/mol. The Morgan fingerprint density at radius 3 is 2.52 bits per heavy atom. The molecule has 0 saturated heterocycles. The third-order valence-corrected chi connectivity index (χ3v) is 9.39. The molecule has 2 unspecified atom stereocenters. The molecule has 0 aliphatic heterocycles. The molecule has 3 heteroatoms. The Bertz CT molecular complexity index is 755. The largest absolute Gasteiger partial charge is 0.353 e. The molecule has 5 fully saturated rings. The van der Waals surface area contributed by atoms with Crippen LogP contribution in [0.2, 0.25) is 0 Å². The minimum atomic E-state index is -0.132. The van der Waals surface area contributed by atoms with Crippen LogP contribution in [0.15, 0.2) is 30.3 Å². The molecule has 3 nitrogen and oxygen atoms in total. The molecule has 6 rings (SSSR count). The molecule has 29 heavy (non-hydrogen) atoms. The van der Waals surface area contributed by atoms with E-state index in [1.165, 1.54) is 50.5 Å². The number of benzene rings is 1. The summed E-state index contributed by atoms with van der Waals surface area (Å²) >= 11 is 0. The highest BCUT2D eigenvalue weighted by atomic mass is 16.2. The van der Waals surface area contributed by atoms with Crippen LogP contribution >= 0.6 is 0 Å². The van der Waals surface area contributed by atoms with Crippen LogP contribution in [0.5, 0.6) is 0 Å². The average Bonchev–Trinajstić information content (AvgIpc) is 3.08. The zero-order chi connectivity index (χ0) is 20.1. The second-order valence-corrected chi connectivity index (χ2v) is 11.0. The highest BCUT2D eigenvalue weighted by Crippen LogP contribution is 2.77. The van der Waals surface area contributed by atoms with Crippen molar-refractivity contribution in [3.63, 3.8) is 0 Å². The molecule has 5 aliphatic carbocycles. The number of hydrogen-bond acceptors (Lipinski definition) is 2. The van der Waals surface area contributed by atoms with E-state index in [1.54, 1.807) is 0 Å². The van der Waals surface area contributed by atoms with E-state index < -0.39 is 0 Å². The Morgan fingerprint density at radius 2 is 1.83 bits per heavy atom. The normalized spacial score (nSPS) is 42.9. The quantitative estimate of drug-likeness (QED) is 0.718. The first-order chi connectivity index (χ1) is 14.0. The van der Waals surface area contributed by atoms with Crippen LogP contribution in [-0.4, -0.2) is 18.5 Å². The molecule has 0 aromatic heterocycles. The number of amides is 1. The van der Waals surface area contributed by atoms with Crippen LogP contribution in [-0.2, 0) is 10.2 Å². The molecule has 1 aromatic carbocycles. The van der Waals surface area contributed by atoms with Gasteiger partial charge in [-0.2, -0.15) is 0 Å². The Labute approximate surface area is 176 Å². The minimum Gasteiger partial charge on any atom is -0.353 e. The predicted octanol–water partition coefficient (Wildman–Crippen LogP) is 4.94. The molecule has 5 aliphatic rings. The first-order valence-corrected chi connectivity index (χ1v) is 12.1. The van der Waals surface area contributed by atoms with Crippen LogP contribution in [0.25, 0.3) is 0 Å². The van der Waals surface area contributed by atoms with Crippen molar-refractivity contribution in [2.45, 2.75) is 89.0 Å². The summed E-state index contributed by atoms with van der Waals surface area (Å²) < 4.78 is 0. The topological polar surface area (TPSA) is 55.1 Å². The lowest BCUT2D eigenvalue weighted by molar-refractivity contribution is -0.137. The molecule has 3 N–H and O–H groups in total. The van der Waals surface area contributed by atoms with E-state index in [1.807, 2.05) is 0 Å². The summed E-state index contributed by atoms with van der Waals surface area (Å²) in [5.74, 6) is 1.79. The fourth-order valence-electron chi connectivity index (χ4n) is 8.46. The minimum absolute atomic E-state index is 0.132. The number of carbonyl (C=O) groups excluding carboxylic acids is 1. The lowest BCUT2D eigenvalue weighted by Crippen LogP contribution is -2.51. The van der Waals surface area contributed by atoms with E-state index in [-0.39, 0.29) is 16.2 Å². The Kier molecular flexibility index (Phi) is 4.81. The van der Waals surface area contributed by atoms with Gasteiger partial charge in [-0.3, -0.25) is 4.79 Å². The molecule has 4 bridgehead atoms. The second-order valence-electron chi connectivity index (χ2n) is 11.0. The van der Waals surface area contributed by atoms with Crippen molar-refractivity contribution in [1.29, 1.82) is 0 Å². The summed E-state index contributed by atoms with van der Waals surface area (Å²) in [6, 6.07) is 11.5. The summed E-state index contributed by atoms with van der Waals surface area (Å²) in [6.45, 7) is 3.11. The van der Waals surface area contributed by atoms with Crippen LogP contribution in [0.3, 0.4) is 0 Å². The van der Waals surface area contributed by atoms with Crippen molar-refractivity contribution in [3.05, 3.63) is 35.9 Å². The average molecular weight is 395 g/mol. The Balaban J connectivity index is 1.43. The fraction of sp³-hybridized carbons (Fsp3) is 0.731.